The second-order valence-electron chi connectivity index (χ2n) is 29.9. The molecule has 1 unspecified atom stereocenters. The van der Waals surface area contributed by atoms with E-state index in [2.05, 4.69) is 101 Å². The van der Waals surface area contributed by atoms with E-state index in [9.17, 15) is 41.4 Å². The molecule has 11 heterocycles. The third kappa shape index (κ3) is 21.1. The van der Waals surface area contributed by atoms with Gasteiger partial charge in [0.1, 0.15) is 46.6 Å². The van der Waals surface area contributed by atoms with E-state index < -0.39 is 29.6 Å². The molecule has 20 rings (SSSR count). The summed E-state index contributed by atoms with van der Waals surface area (Å²) in [4.78, 5) is 78.2. The molecule has 9 aromatic carbocycles. The minimum atomic E-state index is -4.39. The number of carbonyl (C=O) groups is 1. The highest BCUT2D eigenvalue weighted by molar-refractivity contribution is 5.94. The summed E-state index contributed by atoms with van der Waals surface area (Å²) in [5.74, 6) is 8.24. The van der Waals surface area contributed by atoms with Crippen molar-refractivity contribution in [1.82, 2.24) is 97.4 Å². The number of alkyl halides is 6. The Balaban J connectivity index is 0.000000121. The van der Waals surface area contributed by atoms with Crippen molar-refractivity contribution in [3.63, 3.8) is 0 Å². The van der Waals surface area contributed by atoms with E-state index in [0.717, 1.165) is 114 Å². The van der Waals surface area contributed by atoms with E-state index in [1.54, 1.807) is 84.4 Å². The number of fused-ring (bicyclic) bond motifs is 5. The standard InChI is InChI=1S/C20H16F3N5O.C20H17N5O.C19H14F3N5O.C19H18N6.C19H17N5O/c1-12(29)19-26-15-4-2-3-5-16(15)28(19)18-11-24-10-17(27-18)25-14-8-6-13(7-9-14)20(21,22)23;1-13(26)15-7-9-16(10-8-15)23-19-11-21-12-20(24-19)25-14(2)22-17-5-3-4-6-18(17)25;20-19(21,22)12-4-6-13(7-5-12)24-16-10-23-9-14(25-16)18-15(11-28)26-17-3-1-2-8-27(17)18;1-13-22-16-4-2-3-5-17(16)25(13)19-12-21-11-18(24-19)23-15-8-6-14(10-20)7-9-15;1-13-21-16-4-2-3-5-17(16)24(13)19-11-20-10-18(23-19)22-15-8-6-14(12-25)7-9-15/h2-12,29H,1H3,(H,25,27);3-12H,1-2H3,(H,23,24);1-10,28H,11H2,(H,24,25);2-9,11-12H,10,20H2,1H3,(H,23,24);2-11,25H,12H2,1H3,(H,22,23). The molecule has 133 heavy (non-hydrogen) atoms. The molecule has 0 amide bonds. The monoisotopic (exact) mass is 1790 g/mol. The van der Waals surface area contributed by atoms with Gasteiger partial charge >= 0.3 is 12.4 Å². The largest absolute Gasteiger partial charge is 0.416 e. The Hall–Kier alpha value is -17.0. The van der Waals surface area contributed by atoms with Gasteiger partial charge in [-0.25, -0.2) is 49.8 Å². The quantitative estimate of drug-likeness (QED) is 0.0253. The number of hydrogen-bond donors (Lipinski definition) is 9. The van der Waals surface area contributed by atoms with Gasteiger partial charge in [-0.2, -0.15) is 26.3 Å². The number of nitrogens with zero attached hydrogens (tertiary/aromatic N) is 20. The highest BCUT2D eigenvalue weighted by atomic mass is 19.4. The van der Waals surface area contributed by atoms with E-state index in [1.165, 1.54) is 49.1 Å². The van der Waals surface area contributed by atoms with E-state index in [0.29, 0.717) is 104 Å². The van der Waals surface area contributed by atoms with Crippen LogP contribution in [-0.2, 0) is 32.1 Å². The fraction of sp³-hybridized carbons (Fsp3) is 0.113. The van der Waals surface area contributed by atoms with Gasteiger partial charge in [0.25, 0.3) is 0 Å². The summed E-state index contributed by atoms with van der Waals surface area (Å²) < 4.78 is 85.7. The molecule has 0 saturated carbocycles. The first-order chi connectivity index (χ1) is 64.4. The zero-order valence-electron chi connectivity index (χ0n) is 71.6. The van der Waals surface area contributed by atoms with Crippen molar-refractivity contribution in [2.45, 2.75) is 72.8 Å². The number of aliphatic hydroxyl groups excluding tert-OH is 3. The van der Waals surface area contributed by atoms with Gasteiger partial charge in [-0.15, -0.1) is 0 Å². The van der Waals surface area contributed by atoms with Crippen molar-refractivity contribution in [3.05, 3.63) is 362 Å². The van der Waals surface area contributed by atoms with Crippen LogP contribution in [0.2, 0.25) is 0 Å². The number of nitrogens with one attached hydrogen (secondary N) is 5. The Morgan fingerprint density at radius 1 is 0.376 bits per heavy atom. The number of carbonyl (C=O) groups excluding carboxylic acids is 1. The molecule has 0 aliphatic carbocycles. The van der Waals surface area contributed by atoms with E-state index >= 15 is 0 Å². The molecule has 0 fully saturated rings. The van der Waals surface area contributed by atoms with Crippen molar-refractivity contribution in [3.8, 4) is 34.7 Å². The Morgan fingerprint density at radius 2 is 0.707 bits per heavy atom. The highest BCUT2D eigenvalue weighted by Crippen LogP contribution is 2.35. The van der Waals surface area contributed by atoms with Gasteiger partial charge in [0, 0.05) is 46.7 Å². The normalized spacial score (nSPS) is 11.5. The number of nitrogens with two attached hydrogens (primary N) is 1. The van der Waals surface area contributed by atoms with Crippen molar-refractivity contribution in [1.29, 1.82) is 0 Å². The number of anilines is 10. The first-order valence-electron chi connectivity index (χ1n) is 41.3. The van der Waals surface area contributed by atoms with Crippen LogP contribution in [-0.4, -0.2) is 119 Å². The second kappa shape index (κ2) is 39.7. The maximum Gasteiger partial charge on any atom is 0.416 e. The number of Topliss-reactive ketones (excluding diaryl/α,β-unsaturated/α-hetero) is 1. The number of imidazole rings is 5. The molecular formula is C97H82F6N26O4. The van der Waals surface area contributed by atoms with Crippen molar-refractivity contribution < 1.29 is 46.5 Å². The Labute approximate surface area is 754 Å². The van der Waals surface area contributed by atoms with Gasteiger partial charge in [-0.3, -0.25) is 52.4 Å². The summed E-state index contributed by atoms with van der Waals surface area (Å²) in [5.41, 5.74) is 19.8. The molecule has 0 aliphatic rings. The Kier molecular flexibility index (Phi) is 26.7. The number of pyridine rings is 1. The zero-order valence-corrected chi connectivity index (χ0v) is 71.6. The molecule has 10 N–H and O–H groups in total. The lowest BCUT2D eigenvalue weighted by atomic mass is 10.1. The van der Waals surface area contributed by atoms with Gasteiger partial charge in [0.2, 0.25) is 0 Å². The summed E-state index contributed by atoms with van der Waals surface area (Å²) in [6.07, 6.45) is 8.39. The molecule has 20 aromatic rings. The molecule has 36 heteroatoms. The van der Waals surface area contributed by atoms with Crippen molar-refractivity contribution in [2.75, 3.05) is 26.6 Å². The average Bonchev–Trinajstić information content (AvgIpc) is 1.75. The fourth-order valence-electron chi connectivity index (χ4n) is 14.4. The van der Waals surface area contributed by atoms with E-state index in [4.69, 9.17) is 10.8 Å². The van der Waals surface area contributed by atoms with Gasteiger partial charge < -0.3 is 47.6 Å². The Bertz CT molecular complexity index is 7310. The maximum absolute atomic E-state index is 12.7. The van der Waals surface area contributed by atoms with Crippen molar-refractivity contribution in [2.24, 2.45) is 5.73 Å². The molecule has 0 aliphatic heterocycles. The number of benzene rings is 9. The second-order valence-corrected chi connectivity index (χ2v) is 29.9. The van der Waals surface area contributed by atoms with E-state index in [1.807, 2.05) is 204 Å². The van der Waals surface area contributed by atoms with Gasteiger partial charge in [0.05, 0.1) is 142 Å². The third-order valence-electron chi connectivity index (χ3n) is 20.6. The minimum Gasteiger partial charge on any atom is -0.392 e. The number of aliphatic hydroxyl groups is 3. The fourth-order valence-corrected chi connectivity index (χ4v) is 14.4. The topological polar surface area (TPSA) is 381 Å². The summed E-state index contributed by atoms with van der Waals surface area (Å²) >= 11 is 0. The lowest BCUT2D eigenvalue weighted by Gasteiger charge is -2.12. The van der Waals surface area contributed by atoms with E-state index in [-0.39, 0.29) is 19.0 Å². The van der Waals surface area contributed by atoms with Crippen LogP contribution in [0.1, 0.15) is 81.6 Å². The molecule has 1 atom stereocenters. The lowest BCUT2D eigenvalue weighted by molar-refractivity contribution is -0.138. The molecule has 0 radical (unpaired) electrons. The highest BCUT2D eigenvalue weighted by Gasteiger charge is 2.31. The third-order valence-corrected chi connectivity index (χ3v) is 20.6. The van der Waals surface area contributed by atoms with Crippen molar-refractivity contribution >= 4 is 113 Å². The summed E-state index contributed by atoms with van der Waals surface area (Å²) in [6, 6.07) is 68.8. The Morgan fingerprint density at radius 3 is 1.07 bits per heavy atom. The maximum atomic E-state index is 12.7. The van der Waals surface area contributed by atoms with Crippen LogP contribution < -0.4 is 32.3 Å². The first kappa shape index (κ1) is 89.4. The van der Waals surface area contributed by atoms with Crippen LogP contribution in [0.5, 0.6) is 0 Å². The molecule has 0 saturated heterocycles. The van der Waals surface area contributed by atoms with Gasteiger partial charge in [0.15, 0.2) is 52.3 Å². The number of hydrogen-bond acceptors (Lipinski definition) is 25. The number of para-hydroxylation sites is 8. The van der Waals surface area contributed by atoms with Gasteiger partial charge in [-0.05, 0) is 203 Å². The average molecular weight is 1790 g/mol. The van der Waals surface area contributed by atoms with Crippen LogP contribution in [0, 0.1) is 20.8 Å². The predicted molar refractivity (Wildman–Crippen MR) is 496 cm³/mol. The zero-order chi connectivity index (χ0) is 92.9. The molecule has 666 valence electrons. The molecule has 11 aromatic heterocycles. The number of halogens is 6. The van der Waals surface area contributed by atoms with Crippen LogP contribution in [0.15, 0.2) is 305 Å². The summed E-state index contributed by atoms with van der Waals surface area (Å²) in [5, 5.41) is 44.5. The smallest absolute Gasteiger partial charge is 0.392 e. The number of rotatable bonds is 20. The van der Waals surface area contributed by atoms with Crippen LogP contribution in [0.25, 0.3) is 84.4 Å². The SMILES string of the molecule is CC(=O)c1ccc(Nc2cncc(-n3c(C)nc4ccccc43)n2)cc1.CC(O)c1nc2ccccc2n1-c1cncc(Nc2ccc(C(F)(F)F)cc2)n1.Cc1nc2ccccc2n1-c1cncc(Nc2ccc(CN)cc2)n1.Cc1nc2ccccc2n1-c1cncc(Nc2ccc(CO)cc2)n1.OCc1nc2ccccn2c1-c1cncc(Nc2ccc(C(F)(F)F)cc2)n1. The molecular weight excluding hydrogens is 1710 g/mol. The molecule has 0 bridgehead atoms. The van der Waals surface area contributed by atoms with Crippen LogP contribution in [0.3, 0.4) is 0 Å². The summed E-state index contributed by atoms with van der Waals surface area (Å²) in [7, 11) is 0. The molecule has 0 spiro atoms. The number of aryl methyl sites for hydroxylation is 3. The predicted octanol–water partition coefficient (Wildman–Crippen LogP) is 19.4. The van der Waals surface area contributed by atoms with Gasteiger partial charge in [-0.1, -0.05) is 78.9 Å². The molecule has 30 nitrogen and oxygen atoms in total. The lowest BCUT2D eigenvalue weighted by Crippen LogP contribution is -2.08. The number of aromatic nitrogens is 20. The summed E-state index contributed by atoms with van der Waals surface area (Å²) in [6.45, 7) is 9.32. The van der Waals surface area contributed by atoms with Crippen LogP contribution >= 0.6 is 0 Å². The number of ketones is 1. The first-order valence-corrected chi connectivity index (χ1v) is 41.3. The minimum absolute atomic E-state index is 0.0303. The van der Waals surface area contributed by atoms with Crippen LogP contribution in [0.4, 0.5) is 83.9 Å².